The summed E-state index contributed by atoms with van der Waals surface area (Å²) in [5, 5.41) is 2.13. The van der Waals surface area contributed by atoms with Gasteiger partial charge in [0.2, 0.25) is 0 Å². The molecular formula is C12H10BrIS. The van der Waals surface area contributed by atoms with Gasteiger partial charge >= 0.3 is 0 Å². The number of thiophene rings is 1. The molecule has 1 aromatic heterocycles. The van der Waals surface area contributed by atoms with E-state index in [1.54, 1.807) is 0 Å². The molecule has 3 heteroatoms. The first-order valence-electron chi connectivity index (χ1n) is 4.68. The van der Waals surface area contributed by atoms with Gasteiger partial charge in [0.25, 0.3) is 0 Å². The first-order chi connectivity index (χ1) is 7.27. The Hall–Kier alpha value is 0.130. The molecule has 15 heavy (non-hydrogen) atoms. The highest BCUT2D eigenvalue weighted by molar-refractivity contribution is 14.1. The Bertz CT molecular complexity index is 425. The largest absolute Gasteiger partial charge is 0.149 e. The van der Waals surface area contributed by atoms with Crippen LogP contribution in [-0.4, -0.2) is 0 Å². The van der Waals surface area contributed by atoms with Crippen molar-refractivity contribution in [1.82, 2.24) is 0 Å². The van der Waals surface area contributed by atoms with Gasteiger partial charge in [-0.05, 0) is 52.1 Å². The van der Waals surface area contributed by atoms with Gasteiger partial charge < -0.3 is 0 Å². The van der Waals surface area contributed by atoms with E-state index in [1.807, 2.05) is 11.3 Å². The summed E-state index contributed by atoms with van der Waals surface area (Å²) in [7, 11) is 0. The normalized spacial score (nSPS) is 12.7. The monoisotopic (exact) mass is 392 g/mol. The maximum Gasteiger partial charge on any atom is 0.0453 e. The Morgan fingerprint density at radius 1 is 1.20 bits per heavy atom. The molecule has 0 N–H and O–H groups in total. The molecule has 0 saturated carbocycles. The average Bonchev–Trinajstić information content (AvgIpc) is 2.71. The zero-order valence-corrected chi connectivity index (χ0v) is 12.6. The molecule has 1 atom stereocenters. The third kappa shape index (κ3) is 3.04. The summed E-state index contributed by atoms with van der Waals surface area (Å²) in [6, 6.07) is 12.8. The molecule has 0 aliphatic carbocycles. The van der Waals surface area contributed by atoms with E-state index in [2.05, 4.69) is 80.3 Å². The molecule has 0 spiro atoms. The predicted molar refractivity (Wildman–Crippen MR) is 78.9 cm³/mol. The third-order valence-corrected chi connectivity index (χ3v) is 4.90. The summed E-state index contributed by atoms with van der Waals surface area (Å²) in [6.45, 7) is 0. The summed E-state index contributed by atoms with van der Waals surface area (Å²) < 4.78 is 1.33. The van der Waals surface area contributed by atoms with Crippen molar-refractivity contribution in [3.05, 3.63) is 55.8 Å². The van der Waals surface area contributed by atoms with Crippen LogP contribution in [0.4, 0.5) is 0 Å². The number of alkyl halides is 1. The van der Waals surface area contributed by atoms with Crippen LogP contribution in [0.5, 0.6) is 0 Å². The van der Waals surface area contributed by atoms with E-state index in [9.17, 15) is 0 Å². The van der Waals surface area contributed by atoms with E-state index in [0.29, 0.717) is 4.83 Å². The highest BCUT2D eigenvalue weighted by atomic mass is 127. The van der Waals surface area contributed by atoms with Gasteiger partial charge in [0.1, 0.15) is 0 Å². The topological polar surface area (TPSA) is 0 Å². The number of hydrogen-bond acceptors (Lipinski definition) is 1. The van der Waals surface area contributed by atoms with Crippen LogP contribution in [0.15, 0.2) is 41.8 Å². The lowest BCUT2D eigenvalue weighted by molar-refractivity contribution is 0.962. The Kier molecular flexibility index (Phi) is 4.22. The fourth-order valence-electron chi connectivity index (χ4n) is 1.44. The van der Waals surface area contributed by atoms with Gasteiger partial charge in [0.05, 0.1) is 0 Å². The second-order valence-corrected chi connectivity index (χ2v) is 6.57. The van der Waals surface area contributed by atoms with Crippen LogP contribution in [0, 0.1) is 3.57 Å². The van der Waals surface area contributed by atoms with E-state index in [0.717, 1.165) is 6.42 Å². The fourth-order valence-corrected chi connectivity index (χ4v) is 4.35. The van der Waals surface area contributed by atoms with Crippen molar-refractivity contribution >= 4 is 49.9 Å². The molecule has 0 amide bonds. The Balaban J connectivity index is 2.15. The predicted octanol–water partition coefficient (Wildman–Crippen LogP) is 5.03. The van der Waals surface area contributed by atoms with E-state index < -0.39 is 0 Å². The van der Waals surface area contributed by atoms with Gasteiger partial charge in [-0.1, -0.05) is 40.2 Å². The molecule has 0 radical (unpaired) electrons. The van der Waals surface area contributed by atoms with Crippen LogP contribution >= 0.6 is 49.9 Å². The van der Waals surface area contributed by atoms with Crippen LogP contribution in [0.2, 0.25) is 0 Å². The van der Waals surface area contributed by atoms with Crippen molar-refractivity contribution in [1.29, 1.82) is 0 Å². The Morgan fingerprint density at radius 3 is 2.67 bits per heavy atom. The van der Waals surface area contributed by atoms with Crippen molar-refractivity contribution in [2.75, 3.05) is 0 Å². The van der Waals surface area contributed by atoms with Crippen LogP contribution in [0.3, 0.4) is 0 Å². The van der Waals surface area contributed by atoms with Crippen molar-refractivity contribution < 1.29 is 0 Å². The van der Waals surface area contributed by atoms with Gasteiger partial charge in [0.15, 0.2) is 0 Å². The molecule has 0 bridgehead atoms. The third-order valence-electron chi connectivity index (χ3n) is 2.20. The van der Waals surface area contributed by atoms with Crippen LogP contribution < -0.4 is 0 Å². The Labute approximate surface area is 116 Å². The van der Waals surface area contributed by atoms with Gasteiger partial charge in [0, 0.05) is 13.3 Å². The van der Waals surface area contributed by atoms with Crippen molar-refractivity contribution in [3.63, 3.8) is 0 Å². The quantitative estimate of drug-likeness (QED) is 0.507. The van der Waals surface area contributed by atoms with Crippen LogP contribution in [0.1, 0.15) is 15.3 Å². The second kappa shape index (κ2) is 5.46. The summed E-state index contributed by atoms with van der Waals surface area (Å²) in [5.74, 6) is 0. The summed E-state index contributed by atoms with van der Waals surface area (Å²) in [4.78, 5) is 1.85. The minimum atomic E-state index is 0.421. The number of benzene rings is 1. The molecule has 0 saturated heterocycles. The molecule has 1 unspecified atom stereocenters. The van der Waals surface area contributed by atoms with Crippen LogP contribution in [-0.2, 0) is 6.42 Å². The maximum absolute atomic E-state index is 3.76. The zero-order chi connectivity index (χ0) is 10.7. The maximum atomic E-state index is 3.76. The smallest absolute Gasteiger partial charge is 0.0453 e. The highest BCUT2D eigenvalue weighted by Crippen LogP contribution is 2.31. The average molecular weight is 393 g/mol. The number of hydrogen-bond donors (Lipinski definition) is 0. The zero-order valence-electron chi connectivity index (χ0n) is 7.99. The summed E-state index contributed by atoms with van der Waals surface area (Å²) >= 11 is 7.97. The van der Waals surface area contributed by atoms with E-state index >= 15 is 0 Å². The molecule has 0 aliphatic heterocycles. The SMILES string of the molecule is BrC(Cc1cccs1)c1ccccc1I. The number of halogens is 2. The van der Waals surface area contributed by atoms with E-state index in [-0.39, 0.29) is 0 Å². The van der Waals surface area contributed by atoms with Crippen molar-refractivity contribution in [2.45, 2.75) is 11.2 Å². The fraction of sp³-hybridized carbons (Fsp3) is 0.167. The molecule has 2 aromatic rings. The molecule has 2 rings (SSSR count). The molecule has 78 valence electrons. The highest BCUT2D eigenvalue weighted by Gasteiger charge is 2.11. The number of rotatable bonds is 3. The van der Waals surface area contributed by atoms with E-state index in [4.69, 9.17) is 0 Å². The first kappa shape index (κ1) is 11.6. The minimum Gasteiger partial charge on any atom is -0.149 e. The van der Waals surface area contributed by atoms with Gasteiger partial charge in [-0.15, -0.1) is 11.3 Å². The minimum absolute atomic E-state index is 0.421. The lowest BCUT2D eigenvalue weighted by Gasteiger charge is -2.10. The van der Waals surface area contributed by atoms with Crippen molar-refractivity contribution in [3.8, 4) is 0 Å². The lowest BCUT2D eigenvalue weighted by Crippen LogP contribution is -1.95. The van der Waals surface area contributed by atoms with Gasteiger partial charge in [-0.3, -0.25) is 0 Å². The summed E-state index contributed by atoms with van der Waals surface area (Å²) in [6.07, 6.45) is 1.07. The Morgan fingerprint density at radius 2 is 2.00 bits per heavy atom. The van der Waals surface area contributed by atoms with Crippen molar-refractivity contribution in [2.24, 2.45) is 0 Å². The lowest BCUT2D eigenvalue weighted by atomic mass is 10.1. The molecule has 0 fully saturated rings. The molecule has 1 heterocycles. The molecule has 0 aliphatic rings. The molecule has 0 nitrogen and oxygen atoms in total. The summed E-state index contributed by atoms with van der Waals surface area (Å²) in [5.41, 5.74) is 1.38. The van der Waals surface area contributed by atoms with E-state index in [1.165, 1.54) is 14.0 Å². The second-order valence-electron chi connectivity index (χ2n) is 3.27. The standard InChI is InChI=1S/C12H10BrIS/c13-11(8-9-4-3-7-15-9)10-5-1-2-6-12(10)14/h1-7,11H,8H2. The van der Waals surface area contributed by atoms with Crippen LogP contribution in [0.25, 0.3) is 0 Å². The first-order valence-corrected chi connectivity index (χ1v) is 7.55. The molecular weight excluding hydrogens is 383 g/mol. The van der Waals surface area contributed by atoms with Gasteiger partial charge in [-0.25, -0.2) is 0 Å². The molecule has 1 aromatic carbocycles. The van der Waals surface area contributed by atoms with Gasteiger partial charge in [-0.2, -0.15) is 0 Å².